The first-order valence-electron chi connectivity index (χ1n) is 3.61. The summed E-state index contributed by atoms with van der Waals surface area (Å²) in [5.41, 5.74) is 0. The summed E-state index contributed by atoms with van der Waals surface area (Å²) in [6.45, 7) is 3.98. The maximum absolute atomic E-state index is 11.5. The lowest BCUT2D eigenvalue weighted by Gasteiger charge is -2.02. The molecule has 0 aromatic carbocycles. The average molecular weight is 177 g/mol. The third kappa shape index (κ3) is 11.8. The fourth-order valence-corrected chi connectivity index (χ4v) is 0. The number of Topliss-reactive ketones (excluding diaryl/α,β-unsaturated/α-hetero) is 1. The number of halogens is 1. The van der Waals surface area contributed by atoms with Gasteiger partial charge in [0.05, 0.1) is 0 Å². The zero-order valence-electron chi connectivity index (χ0n) is 8.22. The van der Waals surface area contributed by atoms with Gasteiger partial charge in [-0.3, -0.25) is 9.59 Å². The van der Waals surface area contributed by atoms with Gasteiger partial charge in [0.15, 0.2) is 12.0 Å². The van der Waals surface area contributed by atoms with Gasteiger partial charge in [-0.05, 0) is 13.8 Å². The lowest BCUT2D eigenvalue weighted by Crippen LogP contribution is -2.17. The summed E-state index contributed by atoms with van der Waals surface area (Å²) in [4.78, 5) is 21.4. The van der Waals surface area contributed by atoms with E-state index in [0.717, 1.165) is 0 Å². The van der Waals surface area contributed by atoms with Gasteiger partial charge in [0.25, 0.3) is 0 Å². The molecule has 0 spiro atoms. The van der Waals surface area contributed by atoms with Crippen LogP contribution in [0.2, 0.25) is 0 Å². The van der Waals surface area contributed by atoms with Crippen molar-refractivity contribution in [1.82, 2.24) is 4.90 Å². The number of hydrogen-bond acceptors (Lipinski definition) is 2. The van der Waals surface area contributed by atoms with Crippen LogP contribution in [0.25, 0.3) is 0 Å². The Hall–Kier alpha value is -0.930. The van der Waals surface area contributed by atoms with E-state index in [1.807, 2.05) is 0 Å². The van der Waals surface area contributed by atoms with E-state index in [1.54, 1.807) is 14.1 Å². The topological polar surface area (TPSA) is 37.4 Å². The number of alkyl halides is 1. The third-order valence-electron chi connectivity index (χ3n) is 1.19. The Bertz CT molecular complexity index is 137. The van der Waals surface area contributed by atoms with Gasteiger partial charge in [0.2, 0.25) is 5.91 Å². The second kappa shape index (κ2) is 6.76. The lowest BCUT2D eigenvalue weighted by atomic mass is 10.3. The monoisotopic (exact) mass is 177 g/mol. The molecule has 72 valence electrons. The molecule has 0 aromatic heterocycles. The quantitative estimate of drug-likeness (QED) is 0.600. The van der Waals surface area contributed by atoms with Gasteiger partial charge in [-0.1, -0.05) is 0 Å². The van der Waals surface area contributed by atoms with Crippen LogP contribution in [-0.2, 0) is 9.59 Å². The zero-order chi connectivity index (χ0) is 10.3. The number of hydrogen-bond donors (Lipinski definition) is 0. The molecule has 0 aromatic rings. The fourth-order valence-electron chi connectivity index (χ4n) is 0. The molecule has 0 rings (SSSR count). The van der Waals surface area contributed by atoms with Crippen molar-refractivity contribution in [1.29, 1.82) is 0 Å². The van der Waals surface area contributed by atoms with Crippen LogP contribution in [0.1, 0.15) is 20.8 Å². The molecule has 0 saturated carbocycles. The number of rotatable bonds is 1. The average Bonchev–Trinajstić information content (AvgIpc) is 1.88. The van der Waals surface area contributed by atoms with E-state index in [2.05, 4.69) is 0 Å². The number of amides is 1. The van der Waals surface area contributed by atoms with Gasteiger partial charge in [0.1, 0.15) is 0 Å². The highest BCUT2D eigenvalue weighted by molar-refractivity contribution is 5.79. The van der Waals surface area contributed by atoms with Crippen LogP contribution in [0.5, 0.6) is 0 Å². The molecule has 0 radical (unpaired) electrons. The van der Waals surface area contributed by atoms with E-state index in [-0.39, 0.29) is 5.91 Å². The minimum absolute atomic E-state index is 0.0926. The Kier molecular flexibility index (Phi) is 7.69. The van der Waals surface area contributed by atoms with Crippen molar-refractivity contribution >= 4 is 11.7 Å². The van der Waals surface area contributed by atoms with E-state index in [9.17, 15) is 14.0 Å². The SMILES string of the molecule is CC(=O)C(C)F.CC(=O)N(C)C. The van der Waals surface area contributed by atoms with Crippen LogP contribution in [0.15, 0.2) is 0 Å². The molecule has 1 amide bonds. The van der Waals surface area contributed by atoms with Crippen LogP contribution < -0.4 is 0 Å². The first-order chi connectivity index (χ1) is 5.29. The minimum atomic E-state index is -1.29. The van der Waals surface area contributed by atoms with Crippen molar-refractivity contribution in [2.75, 3.05) is 14.1 Å². The highest BCUT2D eigenvalue weighted by Gasteiger charge is 2.00. The van der Waals surface area contributed by atoms with E-state index in [1.165, 1.54) is 25.7 Å². The molecule has 4 heteroatoms. The summed E-state index contributed by atoms with van der Waals surface area (Å²) in [5, 5.41) is 0. The molecule has 1 unspecified atom stereocenters. The van der Waals surface area contributed by atoms with Crippen molar-refractivity contribution in [2.45, 2.75) is 26.9 Å². The molecular formula is C8H16FNO2. The molecule has 0 N–H and O–H groups in total. The van der Waals surface area contributed by atoms with Crippen LogP contribution >= 0.6 is 0 Å². The van der Waals surface area contributed by atoms with Gasteiger partial charge in [0, 0.05) is 21.0 Å². The normalized spacial score (nSPS) is 10.8. The summed E-state index contributed by atoms with van der Waals surface area (Å²) in [7, 11) is 3.45. The predicted molar refractivity (Wildman–Crippen MR) is 45.6 cm³/mol. The van der Waals surface area contributed by atoms with Gasteiger partial charge in [-0.2, -0.15) is 0 Å². The smallest absolute Gasteiger partial charge is 0.218 e. The van der Waals surface area contributed by atoms with Crippen molar-refractivity contribution in [3.8, 4) is 0 Å². The van der Waals surface area contributed by atoms with Gasteiger partial charge >= 0.3 is 0 Å². The van der Waals surface area contributed by atoms with Crippen molar-refractivity contribution in [2.24, 2.45) is 0 Å². The molecule has 3 nitrogen and oxygen atoms in total. The summed E-state index contributed by atoms with van der Waals surface area (Å²) in [6, 6.07) is 0. The van der Waals surface area contributed by atoms with Crippen molar-refractivity contribution in [3.63, 3.8) is 0 Å². The maximum Gasteiger partial charge on any atom is 0.218 e. The Morgan fingerprint density at radius 1 is 1.25 bits per heavy atom. The van der Waals surface area contributed by atoms with Crippen LogP contribution in [-0.4, -0.2) is 36.9 Å². The first-order valence-corrected chi connectivity index (χ1v) is 3.61. The fraction of sp³-hybridized carbons (Fsp3) is 0.750. The predicted octanol–water partition coefficient (Wildman–Crippen LogP) is 1.03. The third-order valence-corrected chi connectivity index (χ3v) is 1.19. The highest BCUT2D eigenvalue weighted by Crippen LogP contribution is 1.85. The molecule has 0 heterocycles. The number of ketones is 1. The van der Waals surface area contributed by atoms with Crippen molar-refractivity contribution < 1.29 is 14.0 Å². The van der Waals surface area contributed by atoms with Gasteiger partial charge in [-0.15, -0.1) is 0 Å². The molecule has 0 aliphatic rings. The van der Waals surface area contributed by atoms with Crippen LogP contribution in [0.3, 0.4) is 0 Å². The molecule has 0 aliphatic heterocycles. The zero-order valence-corrected chi connectivity index (χ0v) is 8.22. The van der Waals surface area contributed by atoms with E-state index < -0.39 is 12.0 Å². The Labute approximate surface area is 72.5 Å². The molecular weight excluding hydrogens is 161 g/mol. The van der Waals surface area contributed by atoms with E-state index in [4.69, 9.17) is 0 Å². The lowest BCUT2D eigenvalue weighted by molar-refractivity contribution is -0.126. The second-order valence-electron chi connectivity index (χ2n) is 2.64. The Morgan fingerprint density at radius 2 is 1.42 bits per heavy atom. The van der Waals surface area contributed by atoms with Gasteiger partial charge < -0.3 is 4.90 Å². The van der Waals surface area contributed by atoms with E-state index >= 15 is 0 Å². The van der Waals surface area contributed by atoms with Gasteiger partial charge in [-0.25, -0.2) is 4.39 Å². The Balaban J connectivity index is 0. The summed E-state index contributed by atoms with van der Waals surface area (Å²) < 4.78 is 11.5. The summed E-state index contributed by atoms with van der Waals surface area (Å²) in [6.07, 6.45) is -1.29. The standard InChI is InChI=1S/C4H7FO.C4H9NO/c1-3(5)4(2)6;1-4(6)5(2)3/h3H,1-2H3;1-3H3. The molecule has 0 saturated heterocycles. The minimum Gasteiger partial charge on any atom is -0.349 e. The highest BCUT2D eigenvalue weighted by atomic mass is 19.1. The number of carbonyl (C=O) groups is 2. The number of carbonyl (C=O) groups excluding carboxylic acids is 2. The van der Waals surface area contributed by atoms with Crippen molar-refractivity contribution in [3.05, 3.63) is 0 Å². The molecule has 0 fully saturated rings. The maximum atomic E-state index is 11.5. The molecule has 1 atom stereocenters. The Morgan fingerprint density at radius 3 is 1.42 bits per heavy atom. The first kappa shape index (κ1) is 13.6. The molecule has 0 aliphatic carbocycles. The van der Waals surface area contributed by atoms with Crippen LogP contribution in [0, 0.1) is 0 Å². The summed E-state index contributed by atoms with van der Waals surface area (Å²) >= 11 is 0. The molecule has 0 bridgehead atoms. The van der Waals surface area contributed by atoms with E-state index in [0.29, 0.717) is 0 Å². The van der Waals surface area contributed by atoms with Crippen LogP contribution in [0.4, 0.5) is 4.39 Å². The second-order valence-corrected chi connectivity index (χ2v) is 2.64. The molecule has 12 heavy (non-hydrogen) atoms. The summed E-state index contributed by atoms with van der Waals surface area (Å²) in [5.74, 6) is -0.315. The number of nitrogens with zero attached hydrogens (tertiary/aromatic N) is 1. The largest absolute Gasteiger partial charge is 0.349 e.